The molecule has 0 saturated heterocycles. The highest BCUT2D eigenvalue weighted by Crippen LogP contribution is 2.30. The minimum Gasteiger partial charge on any atom is -0.425 e. The Kier molecular flexibility index (Phi) is 4.67. The second kappa shape index (κ2) is 6.30. The third-order valence-corrected chi connectivity index (χ3v) is 3.98. The number of fused-ring (bicyclic) bond motifs is 1. The molecule has 2 rings (SSSR count). The summed E-state index contributed by atoms with van der Waals surface area (Å²) in [6, 6.07) is 4.55. The zero-order chi connectivity index (χ0) is 15.6. The predicted molar refractivity (Wildman–Crippen MR) is 84.9 cm³/mol. The smallest absolute Gasteiger partial charge is 0.338 e. The molecule has 1 atom stereocenters. The van der Waals surface area contributed by atoms with Gasteiger partial charge in [0.1, 0.15) is 16.2 Å². The van der Waals surface area contributed by atoms with Gasteiger partial charge in [-0.3, -0.25) is 4.79 Å². The van der Waals surface area contributed by atoms with Gasteiger partial charge >= 0.3 is 11.6 Å². The van der Waals surface area contributed by atoms with Gasteiger partial charge in [-0.05, 0) is 25.5 Å². The van der Waals surface area contributed by atoms with Gasteiger partial charge in [-0.25, -0.2) is 4.79 Å². The summed E-state index contributed by atoms with van der Waals surface area (Å²) < 4.78 is 10.5. The van der Waals surface area contributed by atoms with E-state index in [0.717, 1.165) is 6.42 Å². The van der Waals surface area contributed by atoms with Crippen molar-refractivity contribution in [2.75, 3.05) is 5.73 Å². The number of carbonyl (C=O) groups is 1. The number of halogens is 1. The van der Waals surface area contributed by atoms with Gasteiger partial charge in [-0.2, -0.15) is 0 Å². The third-order valence-electron chi connectivity index (χ3n) is 3.15. The Labute approximate surface area is 130 Å². The number of aryl methyl sites for hydroxylation is 1. The molecule has 5 nitrogen and oxygen atoms in total. The van der Waals surface area contributed by atoms with Gasteiger partial charge < -0.3 is 14.9 Å². The van der Waals surface area contributed by atoms with Crippen LogP contribution in [0.2, 0.25) is 0 Å². The molecule has 1 aromatic carbocycles. The van der Waals surface area contributed by atoms with Crippen molar-refractivity contribution in [2.45, 2.75) is 31.5 Å². The minimum atomic E-state index is -0.532. The van der Waals surface area contributed by atoms with Crippen molar-refractivity contribution in [3.8, 4) is 5.75 Å². The highest BCUT2D eigenvalue weighted by Gasteiger charge is 2.18. The summed E-state index contributed by atoms with van der Waals surface area (Å²) >= 11 is 3.29. The van der Waals surface area contributed by atoms with Crippen molar-refractivity contribution in [3.05, 3.63) is 34.2 Å². The number of hydrogen-bond donors (Lipinski definition) is 1. The van der Waals surface area contributed by atoms with E-state index in [0.29, 0.717) is 34.4 Å². The number of nitrogens with two attached hydrogens (primary N) is 1. The Bertz CT molecular complexity index is 738. The molecule has 0 fully saturated rings. The van der Waals surface area contributed by atoms with Crippen LogP contribution in [0.25, 0.3) is 11.0 Å². The van der Waals surface area contributed by atoms with E-state index >= 15 is 0 Å². The topological polar surface area (TPSA) is 82.5 Å². The Balaban J connectivity index is 2.40. The van der Waals surface area contributed by atoms with E-state index in [9.17, 15) is 9.59 Å². The number of hydrogen-bond acceptors (Lipinski definition) is 5. The molecule has 21 heavy (non-hydrogen) atoms. The quantitative estimate of drug-likeness (QED) is 0.395. The average molecular weight is 354 g/mol. The Morgan fingerprint density at radius 2 is 2.19 bits per heavy atom. The number of nitrogen functional groups attached to an aromatic ring is 1. The number of carbonyl (C=O) groups excluding carboxylic acids is 1. The molecule has 1 unspecified atom stereocenters. The number of esters is 1. The number of ether oxygens (including phenoxy) is 1. The number of rotatable bonds is 4. The summed E-state index contributed by atoms with van der Waals surface area (Å²) in [6.45, 7) is 3.70. The van der Waals surface area contributed by atoms with E-state index in [1.165, 1.54) is 6.07 Å². The lowest BCUT2D eigenvalue weighted by atomic mass is 10.1. The summed E-state index contributed by atoms with van der Waals surface area (Å²) in [4.78, 5) is 23.0. The monoisotopic (exact) mass is 353 g/mol. The molecule has 0 radical (unpaired) electrons. The lowest BCUT2D eigenvalue weighted by Gasteiger charge is -2.12. The first kappa shape index (κ1) is 15.6. The van der Waals surface area contributed by atoms with Crippen molar-refractivity contribution in [3.63, 3.8) is 0 Å². The lowest BCUT2D eigenvalue weighted by Crippen LogP contribution is -2.20. The Hall–Kier alpha value is -1.82. The fraction of sp³-hybridized carbons (Fsp3) is 0.333. The zero-order valence-electron chi connectivity index (χ0n) is 11.8. The molecule has 0 spiro atoms. The molecule has 0 bridgehead atoms. The van der Waals surface area contributed by atoms with Crippen molar-refractivity contribution < 1.29 is 13.9 Å². The van der Waals surface area contributed by atoms with Crippen molar-refractivity contribution in [1.82, 2.24) is 0 Å². The average Bonchev–Trinajstić information content (AvgIpc) is 2.42. The van der Waals surface area contributed by atoms with Crippen LogP contribution in [0.1, 0.15) is 25.3 Å². The molecule has 2 aromatic rings. The summed E-state index contributed by atoms with van der Waals surface area (Å²) in [5.41, 5.74) is 6.51. The van der Waals surface area contributed by atoms with Crippen LogP contribution in [0.3, 0.4) is 0 Å². The molecule has 0 aliphatic heterocycles. The molecule has 1 heterocycles. The standard InChI is InChI=1S/C15H16BrNO4/c1-3-4-10(16)15(19)20-12-6-5-9-11(17)7-13(18)21-14(9)8(12)2/h5-7,10H,3-4,17H2,1-2H3. The lowest BCUT2D eigenvalue weighted by molar-refractivity contribution is -0.133. The van der Waals surface area contributed by atoms with Gasteiger partial charge in [0.15, 0.2) is 0 Å². The largest absolute Gasteiger partial charge is 0.425 e. The summed E-state index contributed by atoms with van der Waals surface area (Å²) in [7, 11) is 0. The highest BCUT2D eigenvalue weighted by atomic mass is 79.9. The van der Waals surface area contributed by atoms with Crippen LogP contribution < -0.4 is 16.1 Å². The first-order valence-electron chi connectivity index (χ1n) is 6.62. The second-order valence-corrected chi connectivity index (χ2v) is 5.87. The number of anilines is 1. The molecule has 1 aromatic heterocycles. The van der Waals surface area contributed by atoms with Crippen molar-refractivity contribution in [2.24, 2.45) is 0 Å². The van der Waals surface area contributed by atoms with Crippen LogP contribution >= 0.6 is 15.9 Å². The van der Waals surface area contributed by atoms with Crippen LogP contribution in [-0.2, 0) is 4.79 Å². The predicted octanol–water partition coefficient (Wildman–Crippen LogP) is 3.15. The van der Waals surface area contributed by atoms with E-state index in [2.05, 4.69) is 15.9 Å². The van der Waals surface area contributed by atoms with Gasteiger partial charge in [-0.1, -0.05) is 29.3 Å². The van der Waals surface area contributed by atoms with Gasteiger partial charge in [0.25, 0.3) is 0 Å². The van der Waals surface area contributed by atoms with Crippen LogP contribution in [0.15, 0.2) is 27.4 Å². The summed E-state index contributed by atoms with van der Waals surface area (Å²) in [6.07, 6.45) is 1.56. The molecule has 0 aliphatic rings. The fourth-order valence-electron chi connectivity index (χ4n) is 2.02. The maximum absolute atomic E-state index is 11.9. The second-order valence-electron chi connectivity index (χ2n) is 4.76. The first-order chi connectivity index (χ1) is 9.93. The molecule has 112 valence electrons. The van der Waals surface area contributed by atoms with E-state index in [1.807, 2.05) is 6.92 Å². The first-order valence-corrected chi connectivity index (χ1v) is 7.54. The molecular formula is C15H16BrNO4. The van der Waals surface area contributed by atoms with E-state index < -0.39 is 5.63 Å². The normalized spacial score (nSPS) is 12.3. The maximum Gasteiger partial charge on any atom is 0.338 e. The van der Waals surface area contributed by atoms with E-state index in [4.69, 9.17) is 14.9 Å². The zero-order valence-corrected chi connectivity index (χ0v) is 13.4. The Morgan fingerprint density at radius 3 is 2.86 bits per heavy atom. The van der Waals surface area contributed by atoms with Crippen LogP contribution in [-0.4, -0.2) is 10.8 Å². The Morgan fingerprint density at radius 1 is 1.48 bits per heavy atom. The van der Waals surface area contributed by atoms with Crippen LogP contribution in [0.5, 0.6) is 5.75 Å². The van der Waals surface area contributed by atoms with Gasteiger partial charge in [0.05, 0.1) is 0 Å². The van der Waals surface area contributed by atoms with E-state index in [-0.39, 0.29) is 10.8 Å². The number of benzene rings is 1. The molecule has 0 saturated carbocycles. The highest BCUT2D eigenvalue weighted by molar-refractivity contribution is 9.10. The van der Waals surface area contributed by atoms with Gasteiger partial charge in [0, 0.05) is 22.7 Å². The fourth-order valence-corrected chi connectivity index (χ4v) is 2.57. The molecule has 0 amide bonds. The number of alkyl halides is 1. The van der Waals surface area contributed by atoms with Crippen molar-refractivity contribution >= 4 is 38.6 Å². The minimum absolute atomic E-state index is 0.339. The van der Waals surface area contributed by atoms with Crippen LogP contribution in [0.4, 0.5) is 5.69 Å². The summed E-state index contributed by atoms with van der Waals surface area (Å²) in [5, 5.41) is 0.621. The SMILES string of the molecule is CCCC(Br)C(=O)Oc1ccc2c(N)cc(=O)oc2c1C. The van der Waals surface area contributed by atoms with E-state index in [1.54, 1.807) is 19.1 Å². The van der Waals surface area contributed by atoms with Gasteiger partial charge in [-0.15, -0.1) is 0 Å². The van der Waals surface area contributed by atoms with Crippen LogP contribution in [0, 0.1) is 6.92 Å². The third kappa shape index (κ3) is 3.26. The molecule has 0 aliphatic carbocycles. The maximum atomic E-state index is 11.9. The summed E-state index contributed by atoms with van der Waals surface area (Å²) in [5.74, 6) is -0.00708. The molecule has 6 heteroatoms. The van der Waals surface area contributed by atoms with Gasteiger partial charge in [0.2, 0.25) is 0 Å². The van der Waals surface area contributed by atoms with Crippen molar-refractivity contribution in [1.29, 1.82) is 0 Å². The molecule has 2 N–H and O–H groups in total. The molecular weight excluding hydrogens is 338 g/mol.